The van der Waals surface area contributed by atoms with Crippen LogP contribution >= 0.6 is 11.3 Å². The van der Waals surface area contributed by atoms with Crippen LogP contribution in [0.15, 0.2) is 77.2 Å². The highest BCUT2D eigenvalue weighted by Crippen LogP contribution is 2.29. The Hall–Kier alpha value is -4.17. The Morgan fingerprint density at radius 1 is 1.00 bits per heavy atom. The summed E-state index contributed by atoms with van der Waals surface area (Å²) in [6.45, 7) is 7.18. The quantitative estimate of drug-likeness (QED) is 0.170. The molecule has 1 aromatic heterocycles. The third-order valence-electron chi connectivity index (χ3n) is 5.36. The summed E-state index contributed by atoms with van der Waals surface area (Å²) < 4.78 is 11.4. The molecule has 4 aromatic rings. The highest BCUT2D eigenvalue weighted by Gasteiger charge is 2.09. The Balaban J connectivity index is 1.35. The molecule has 0 bridgehead atoms. The van der Waals surface area contributed by atoms with Crippen LogP contribution in [0.4, 0.5) is 10.8 Å². The number of hydrogen-bond donors (Lipinski definition) is 2. The van der Waals surface area contributed by atoms with Gasteiger partial charge in [-0.3, -0.25) is 4.79 Å². The number of benzene rings is 3. The highest BCUT2D eigenvalue weighted by molar-refractivity contribution is 7.14. The molecule has 37 heavy (non-hydrogen) atoms. The number of carbonyl (C=O) groups is 1. The number of ether oxygens (including phenoxy) is 2. The third-order valence-corrected chi connectivity index (χ3v) is 6.12. The minimum atomic E-state index is -0.296. The molecule has 0 fully saturated rings. The van der Waals surface area contributed by atoms with E-state index in [2.05, 4.69) is 46.8 Å². The van der Waals surface area contributed by atoms with Crippen molar-refractivity contribution in [3.8, 4) is 22.8 Å². The minimum absolute atomic E-state index is 0.296. The van der Waals surface area contributed by atoms with Gasteiger partial charge in [0.15, 0.2) is 16.6 Å². The van der Waals surface area contributed by atoms with Crippen molar-refractivity contribution in [2.75, 3.05) is 18.5 Å². The maximum absolute atomic E-state index is 12.6. The zero-order chi connectivity index (χ0) is 26.0. The Kier molecular flexibility index (Phi) is 8.89. The van der Waals surface area contributed by atoms with E-state index in [1.54, 1.807) is 18.3 Å². The molecule has 0 spiro atoms. The van der Waals surface area contributed by atoms with Crippen molar-refractivity contribution in [2.24, 2.45) is 5.10 Å². The normalized spacial score (nSPS) is 10.9. The van der Waals surface area contributed by atoms with Crippen LogP contribution < -0.4 is 20.2 Å². The summed E-state index contributed by atoms with van der Waals surface area (Å²) >= 11 is 1.53. The molecule has 0 atom stereocenters. The van der Waals surface area contributed by atoms with Gasteiger partial charge >= 0.3 is 0 Å². The summed E-state index contributed by atoms with van der Waals surface area (Å²) in [5.41, 5.74) is 7.86. The average Bonchev–Trinajstić information content (AvgIpc) is 3.38. The van der Waals surface area contributed by atoms with Crippen molar-refractivity contribution in [1.29, 1.82) is 0 Å². The van der Waals surface area contributed by atoms with E-state index in [9.17, 15) is 4.79 Å². The fraction of sp³-hybridized carbons (Fsp3) is 0.207. The predicted molar refractivity (Wildman–Crippen MR) is 150 cm³/mol. The lowest BCUT2D eigenvalue weighted by Crippen LogP contribution is -2.17. The van der Waals surface area contributed by atoms with Gasteiger partial charge in [-0.1, -0.05) is 36.8 Å². The van der Waals surface area contributed by atoms with Gasteiger partial charge in [0.05, 0.1) is 25.1 Å². The van der Waals surface area contributed by atoms with Crippen molar-refractivity contribution in [2.45, 2.75) is 27.2 Å². The summed E-state index contributed by atoms with van der Waals surface area (Å²) in [6.07, 6.45) is 2.49. The van der Waals surface area contributed by atoms with Crippen molar-refractivity contribution < 1.29 is 14.3 Å². The number of carbonyl (C=O) groups excluding carboxylic acids is 1. The molecule has 0 aliphatic rings. The first-order chi connectivity index (χ1) is 18.1. The number of hydrazone groups is 1. The Morgan fingerprint density at radius 3 is 2.51 bits per heavy atom. The van der Waals surface area contributed by atoms with Crippen LogP contribution in [0.5, 0.6) is 11.5 Å². The lowest BCUT2D eigenvalue weighted by atomic mass is 10.1. The first-order valence-electron chi connectivity index (χ1n) is 12.2. The summed E-state index contributed by atoms with van der Waals surface area (Å²) in [4.78, 5) is 17.2. The lowest BCUT2D eigenvalue weighted by Gasteiger charge is -2.11. The number of nitrogens with zero attached hydrogens (tertiary/aromatic N) is 2. The number of thiazole rings is 1. The number of anilines is 2. The number of amides is 1. The van der Waals surface area contributed by atoms with E-state index in [0.29, 0.717) is 30.3 Å². The van der Waals surface area contributed by atoms with Crippen molar-refractivity contribution in [3.63, 3.8) is 0 Å². The average molecular weight is 515 g/mol. The fourth-order valence-electron chi connectivity index (χ4n) is 3.45. The highest BCUT2D eigenvalue weighted by atomic mass is 32.1. The van der Waals surface area contributed by atoms with Crippen LogP contribution in [0.1, 0.15) is 41.8 Å². The summed E-state index contributed by atoms with van der Waals surface area (Å²) in [5, 5.41) is 10.2. The molecule has 8 heteroatoms. The van der Waals surface area contributed by atoms with Gasteiger partial charge in [0, 0.05) is 22.2 Å². The van der Waals surface area contributed by atoms with Crippen molar-refractivity contribution in [1.82, 2.24) is 10.4 Å². The van der Waals surface area contributed by atoms with E-state index in [-0.39, 0.29) is 5.91 Å². The van der Waals surface area contributed by atoms with E-state index in [0.717, 1.165) is 34.1 Å². The molecule has 0 saturated carbocycles. The zero-order valence-corrected chi connectivity index (χ0v) is 22.0. The number of aryl methyl sites for hydroxylation is 1. The Bertz CT molecular complexity index is 1350. The molecular formula is C29H30N4O3S. The van der Waals surface area contributed by atoms with Crippen LogP contribution in [0.3, 0.4) is 0 Å². The van der Waals surface area contributed by atoms with Crippen LogP contribution in [-0.4, -0.2) is 30.3 Å². The molecule has 0 aliphatic heterocycles. The van der Waals surface area contributed by atoms with E-state index >= 15 is 0 Å². The minimum Gasteiger partial charge on any atom is -0.490 e. The fourth-order valence-corrected chi connectivity index (χ4v) is 4.19. The summed E-state index contributed by atoms with van der Waals surface area (Å²) in [6, 6.07) is 21.0. The molecule has 0 radical (unpaired) electrons. The molecule has 190 valence electrons. The Morgan fingerprint density at radius 2 is 1.78 bits per heavy atom. The van der Waals surface area contributed by atoms with Gasteiger partial charge < -0.3 is 14.8 Å². The second kappa shape index (κ2) is 12.7. The SMILES string of the molecule is CCCOc1ccc(/C=N\NC(=O)c2ccc(-c3csc(Nc4ccc(C)cc4)n3)cc2)cc1OCC. The van der Waals surface area contributed by atoms with Crippen LogP contribution in [0.2, 0.25) is 0 Å². The molecule has 1 heterocycles. The second-order valence-corrected chi connectivity index (χ2v) is 9.15. The molecule has 4 rings (SSSR count). The van der Waals surface area contributed by atoms with E-state index < -0.39 is 0 Å². The van der Waals surface area contributed by atoms with Gasteiger partial charge in [-0.05, 0) is 68.3 Å². The summed E-state index contributed by atoms with van der Waals surface area (Å²) in [7, 11) is 0. The smallest absolute Gasteiger partial charge is 0.271 e. The van der Waals surface area contributed by atoms with E-state index in [1.807, 2.05) is 54.8 Å². The van der Waals surface area contributed by atoms with Crippen molar-refractivity contribution >= 4 is 34.3 Å². The van der Waals surface area contributed by atoms with Gasteiger partial charge in [0.25, 0.3) is 5.91 Å². The molecule has 2 N–H and O–H groups in total. The molecule has 0 saturated heterocycles. The van der Waals surface area contributed by atoms with Gasteiger partial charge in [-0.15, -0.1) is 11.3 Å². The number of rotatable bonds is 11. The van der Waals surface area contributed by atoms with Gasteiger partial charge in [0.2, 0.25) is 0 Å². The molecule has 3 aromatic carbocycles. The number of aromatic nitrogens is 1. The largest absolute Gasteiger partial charge is 0.490 e. The predicted octanol–water partition coefficient (Wildman–Crippen LogP) is 6.81. The second-order valence-electron chi connectivity index (χ2n) is 8.29. The van der Waals surface area contributed by atoms with E-state index in [1.165, 1.54) is 16.9 Å². The molecule has 0 aliphatic carbocycles. The van der Waals surface area contributed by atoms with Gasteiger partial charge in [-0.2, -0.15) is 5.10 Å². The van der Waals surface area contributed by atoms with Gasteiger partial charge in [-0.25, -0.2) is 10.4 Å². The van der Waals surface area contributed by atoms with Gasteiger partial charge in [0.1, 0.15) is 0 Å². The maximum atomic E-state index is 12.6. The molecule has 0 unspecified atom stereocenters. The topological polar surface area (TPSA) is 84.8 Å². The number of nitrogens with one attached hydrogen (secondary N) is 2. The monoisotopic (exact) mass is 514 g/mol. The zero-order valence-electron chi connectivity index (χ0n) is 21.2. The summed E-state index contributed by atoms with van der Waals surface area (Å²) in [5.74, 6) is 1.06. The number of hydrogen-bond acceptors (Lipinski definition) is 7. The lowest BCUT2D eigenvalue weighted by molar-refractivity contribution is 0.0955. The standard InChI is InChI=1S/C29H30N4O3S/c1-4-16-36-26-15-8-21(17-27(26)35-5-2)18-30-33-28(34)23-11-9-22(10-12-23)25-19-37-29(32-25)31-24-13-6-20(3)7-14-24/h6-15,17-19H,4-5,16H2,1-3H3,(H,31,32)(H,33,34)/b30-18-. The third kappa shape index (κ3) is 7.17. The molecule has 7 nitrogen and oxygen atoms in total. The van der Waals surface area contributed by atoms with Crippen molar-refractivity contribution in [3.05, 3.63) is 88.8 Å². The van der Waals surface area contributed by atoms with E-state index in [4.69, 9.17) is 9.47 Å². The first kappa shape index (κ1) is 25.9. The maximum Gasteiger partial charge on any atom is 0.271 e. The van der Waals surface area contributed by atoms with Crippen LogP contribution in [-0.2, 0) is 0 Å². The van der Waals surface area contributed by atoms with Crippen LogP contribution in [0, 0.1) is 6.92 Å². The first-order valence-corrected chi connectivity index (χ1v) is 13.1. The molecule has 1 amide bonds. The molecular weight excluding hydrogens is 484 g/mol. The van der Waals surface area contributed by atoms with Crippen LogP contribution in [0.25, 0.3) is 11.3 Å². The Labute approximate surface area is 221 Å².